The molecule has 8 nitrogen and oxygen atoms in total. The summed E-state index contributed by atoms with van der Waals surface area (Å²) in [4.78, 5) is 10.0. The van der Waals surface area contributed by atoms with E-state index in [1.54, 1.807) is 0 Å². The van der Waals surface area contributed by atoms with E-state index in [2.05, 4.69) is 21.0 Å². The van der Waals surface area contributed by atoms with E-state index >= 15 is 0 Å². The summed E-state index contributed by atoms with van der Waals surface area (Å²) in [5, 5.41) is 11.6. The second-order valence-electron chi connectivity index (χ2n) is 6.87. The molecular formula is C21H26N6O2. The largest absolute Gasteiger partial charge is 0.388 e. The zero-order valence-corrected chi connectivity index (χ0v) is 16.4. The van der Waals surface area contributed by atoms with E-state index in [9.17, 15) is 4.79 Å². The molecule has 0 saturated heterocycles. The maximum Gasteiger partial charge on any atom is 0.174 e. The number of hydrazine groups is 1. The van der Waals surface area contributed by atoms with Gasteiger partial charge in [-0.2, -0.15) is 5.10 Å². The fourth-order valence-electron chi connectivity index (χ4n) is 3.37. The first-order valence-corrected chi connectivity index (χ1v) is 9.58. The first-order chi connectivity index (χ1) is 14.2. The van der Waals surface area contributed by atoms with Gasteiger partial charge in [0.2, 0.25) is 0 Å². The smallest absolute Gasteiger partial charge is 0.174 e. The van der Waals surface area contributed by atoms with Crippen LogP contribution in [0.1, 0.15) is 31.2 Å². The lowest BCUT2D eigenvalue weighted by Crippen LogP contribution is -2.31. The topological polar surface area (TPSA) is 132 Å². The molecule has 0 spiro atoms. The molecule has 1 aromatic heterocycles. The molecule has 1 aliphatic carbocycles. The zero-order chi connectivity index (χ0) is 20.6. The van der Waals surface area contributed by atoms with Crippen LogP contribution in [-0.4, -0.2) is 24.3 Å². The second kappa shape index (κ2) is 9.70. The maximum absolute atomic E-state index is 10.0. The van der Waals surface area contributed by atoms with Crippen LogP contribution in [0, 0.1) is 5.92 Å². The summed E-state index contributed by atoms with van der Waals surface area (Å²) >= 11 is 0. The summed E-state index contributed by atoms with van der Waals surface area (Å²) in [5.74, 6) is 12.2. The Morgan fingerprint density at radius 2 is 1.93 bits per heavy atom. The molecule has 0 atom stereocenters. The average molecular weight is 394 g/mol. The standard InChI is InChI=1S/C15H16N6O.C6H10O/c1-18-11-5-2-9(3-6-11)14-12-8-10(15(19-16)20-17)4-7-13(12)21-22-14;7-5-6-3-1-2-4-6/h2-8,18H,16-17H2,1H3,(H,19,20);5-6H,1-4H2. The molecule has 1 heterocycles. The van der Waals surface area contributed by atoms with Crippen molar-refractivity contribution >= 4 is 28.7 Å². The van der Waals surface area contributed by atoms with Crippen LogP contribution in [0.5, 0.6) is 0 Å². The highest BCUT2D eigenvalue weighted by atomic mass is 16.5. The van der Waals surface area contributed by atoms with Crippen LogP contribution in [0.2, 0.25) is 0 Å². The molecule has 0 amide bonds. The summed E-state index contributed by atoms with van der Waals surface area (Å²) in [5.41, 5.74) is 5.94. The van der Waals surface area contributed by atoms with Gasteiger partial charge in [0, 0.05) is 29.8 Å². The van der Waals surface area contributed by atoms with Gasteiger partial charge in [0.25, 0.3) is 0 Å². The molecule has 29 heavy (non-hydrogen) atoms. The number of carbonyl (C=O) groups excluding carboxylic acids is 1. The minimum Gasteiger partial charge on any atom is -0.388 e. The van der Waals surface area contributed by atoms with Crippen LogP contribution in [0.4, 0.5) is 5.69 Å². The maximum atomic E-state index is 10.0. The number of hydrazone groups is 1. The quantitative estimate of drug-likeness (QED) is 0.176. The average Bonchev–Trinajstić information content (AvgIpc) is 3.45. The zero-order valence-electron chi connectivity index (χ0n) is 16.4. The summed E-state index contributed by atoms with van der Waals surface area (Å²) in [7, 11) is 1.87. The van der Waals surface area contributed by atoms with Crippen molar-refractivity contribution < 1.29 is 9.32 Å². The molecule has 3 aromatic rings. The third-order valence-electron chi connectivity index (χ3n) is 5.04. The Hall–Kier alpha value is -3.39. The van der Waals surface area contributed by atoms with Crippen LogP contribution in [0.15, 0.2) is 52.1 Å². The molecule has 0 bridgehead atoms. The van der Waals surface area contributed by atoms with Gasteiger partial charge in [-0.1, -0.05) is 18.0 Å². The number of hydrogen-bond acceptors (Lipinski definition) is 7. The van der Waals surface area contributed by atoms with E-state index in [1.807, 2.05) is 49.5 Å². The Labute approximate surface area is 169 Å². The fourth-order valence-corrected chi connectivity index (χ4v) is 3.37. The number of amidine groups is 1. The Balaban J connectivity index is 0.000000290. The van der Waals surface area contributed by atoms with E-state index < -0.39 is 0 Å². The van der Waals surface area contributed by atoms with Gasteiger partial charge in [-0.3, -0.25) is 0 Å². The van der Waals surface area contributed by atoms with Crippen molar-refractivity contribution in [2.45, 2.75) is 25.7 Å². The second-order valence-corrected chi connectivity index (χ2v) is 6.87. The summed E-state index contributed by atoms with van der Waals surface area (Å²) in [6.45, 7) is 0. The predicted molar refractivity (Wildman–Crippen MR) is 115 cm³/mol. The highest BCUT2D eigenvalue weighted by molar-refractivity contribution is 6.03. The molecule has 1 aliphatic rings. The number of aromatic nitrogens is 1. The van der Waals surface area contributed by atoms with E-state index in [0.29, 0.717) is 17.5 Å². The number of anilines is 1. The molecule has 152 valence electrons. The molecular weight excluding hydrogens is 368 g/mol. The van der Waals surface area contributed by atoms with E-state index in [1.165, 1.54) is 12.8 Å². The van der Waals surface area contributed by atoms with Gasteiger partial charge in [-0.05, 0) is 55.3 Å². The van der Waals surface area contributed by atoms with Gasteiger partial charge in [0.05, 0.1) is 5.39 Å². The lowest BCUT2D eigenvalue weighted by atomic mass is 10.1. The van der Waals surface area contributed by atoms with Crippen LogP contribution in [0.25, 0.3) is 22.2 Å². The number of rotatable bonds is 4. The SMILES string of the molecule is CNc1ccc(-c2onc3ccc(/C(=N/N)NN)cc23)cc1.O=CC1CCCC1. The molecule has 0 unspecified atom stereocenters. The highest BCUT2D eigenvalue weighted by Crippen LogP contribution is 2.30. The minimum atomic E-state index is 0.389. The number of hydrogen-bond donors (Lipinski definition) is 4. The monoisotopic (exact) mass is 394 g/mol. The van der Waals surface area contributed by atoms with Gasteiger partial charge in [-0.15, -0.1) is 0 Å². The van der Waals surface area contributed by atoms with Crippen molar-refractivity contribution in [3.63, 3.8) is 0 Å². The number of nitrogens with one attached hydrogen (secondary N) is 2. The molecule has 8 heteroatoms. The first-order valence-electron chi connectivity index (χ1n) is 9.58. The van der Waals surface area contributed by atoms with Crippen molar-refractivity contribution in [1.29, 1.82) is 0 Å². The Kier molecular flexibility index (Phi) is 6.80. The van der Waals surface area contributed by atoms with Gasteiger partial charge in [0.1, 0.15) is 11.8 Å². The molecule has 2 aromatic carbocycles. The molecule has 4 rings (SSSR count). The minimum absolute atomic E-state index is 0.389. The summed E-state index contributed by atoms with van der Waals surface area (Å²) in [6.07, 6.45) is 5.91. The Bertz CT molecular complexity index is 975. The van der Waals surface area contributed by atoms with Crippen LogP contribution >= 0.6 is 0 Å². The normalized spacial score (nSPS) is 14.3. The lowest BCUT2D eigenvalue weighted by molar-refractivity contribution is -0.110. The van der Waals surface area contributed by atoms with E-state index in [0.717, 1.165) is 46.8 Å². The third kappa shape index (κ3) is 4.72. The van der Waals surface area contributed by atoms with Crippen molar-refractivity contribution in [3.05, 3.63) is 48.0 Å². The van der Waals surface area contributed by atoms with Crippen molar-refractivity contribution in [2.75, 3.05) is 12.4 Å². The van der Waals surface area contributed by atoms with Crippen LogP contribution < -0.4 is 22.4 Å². The van der Waals surface area contributed by atoms with Gasteiger partial charge < -0.3 is 25.9 Å². The van der Waals surface area contributed by atoms with Gasteiger partial charge in [-0.25, -0.2) is 5.84 Å². The molecule has 0 radical (unpaired) electrons. The number of benzene rings is 2. The van der Waals surface area contributed by atoms with Crippen molar-refractivity contribution in [1.82, 2.24) is 10.6 Å². The number of nitrogens with two attached hydrogens (primary N) is 2. The number of aldehydes is 1. The number of carbonyl (C=O) groups is 1. The highest BCUT2D eigenvalue weighted by Gasteiger charge is 2.13. The van der Waals surface area contributed by atoms with Crippen LogP contribution in [0.3, 0.4) is 0 Å². The predicted octanol–water partition coefficient (Wildman–Crippen LogP) is 3.00. The number of fused-ring (bicyclic) bond motifs is 1. The third-order valence-corrected chi connectivity index (χ3v) is 5.04. The van der Waals surface area contributed by atoms with Crippen LogP contribution in [-0.2, 0) is 4.79 Å². The van der Waals surface area contributed by atoms with E-state index in [-0.39, 0.29) is 0 Å². The molecule has 1 saturated carbocycles. The number of nitrogens with zero attached hydrogens (tertiary/aromatic N) is 2. The lowest BCUT2D eigenvalue weighted by Gasteiger charge is -2.04. The van der Waals surface area contributed by atoms with Crippen molar-refractivity contribution in [3.8, 4) is 11.3 Å². The van der Waals surface area contributed by atoms with Crippen molar-refractivity contribution in [2.24, 2.45) is 22.7 Å². The van der Waals surface area contributed by atoms with E-state index in [4.69, 9.17) is 16.2 Å². The van der Waals surface area contributed by atoms with Gasteiger partial charge >= 0.3 is 0 Å². The Morgan fingerprint density at radius 3 is 2.48 bits per heavy atom. The summed E-state index contributed by atoms with van der Waals surface area (Å²) < 4.78 is 5.48. The summed E-state index contributed by atoms with van der Waals surface area (Å²) in [6, 6.07) is 13.4. The Morgan fingerprint density at radius 1 is 1.21 bits per heavy atom. The molecule has 1 fully saturated rings. The van der Waals surface area contributed by atoms with Gasteiger partial charge in [0.15, 0.2) is 11.6 Å². The molecule has 6 N–H and O–H groups in total. The fraction of sp³-hybridized carbons (Fsp3) is 0.286. The molecule has 0 aliphatic heterocycles. The first kappa shape index (κ1) is 20.3.